The summed E-state index contributed by atoms with van der Waals surface area (Å²) in [7, 11) is 6.72. The molecular formula is C15H21NO3. The van der Waals surface area contributed by atoms with Gasteiger partial charge in [0.2, 0.25) is 5.75 Å². The summed E-state index contributed by atoms with van der Waals surface area (Å²) in [5.74, 6) is 4.58. The summed E-state index contributed by atoms with van der Waals surface area (Å²) in [5, 5.41) is 3.24. The van der Waals surface area contributed by atoms with E-state index in [1.54, 1.807) is 21.3 Å². The molecule has 4 heteroatoms. The summed E-state index contributed by atoms with van der Waals surface area (Å²) < 4.78 is 16.1. The van der Waals surface area contributed by atoms with Crippen LogP contribution in [-0.4, -0.2) is 28.4 Å². The van der Waals surface area contributed by atoms with Gasteiger partial charge in [-0.2, -0.15) is 0 Å². The smallest absolute Gasteiger partial charge is 0.203 e. The molecule has 0 heterocycles. The number of hydrogen-bond donors (Lipinski definition) is 1. The molecule has 0 aromatic heterocycles. The maximum absolute atomic E-state index is 5.48. The van der Waals surface area contributed by atoms with Crippen molar-refractivity contribution in [3.8, 4) is 29.6 Å². The summed E-state index contributed by atoms with van der Waals surface area (Å²) in [6.45, 7) is 0. The van der Waals surface area contributed by atoms with Crippen LogP contribution in [-0.2, 0) is 0 Å². The fourth-order valence-electron chi connectivity index (χ4n) is 2.08. The summed E-state index contributed by atoms with van der Waals surface area (Å²) in [6.07, 6.45) is 6.86. The van der Waals surface area contributed by atoms with E-state index in [-0.39, 0.29) is 6.04 Å². The molecule has 1 unspecified atom stereocenters. The lowest BCUT2D eigenvalue weighted by molar-refractivity contribution is 0.319. The van der Waals surface area contributed by atoms with E-state index in [2.05, 4.69) is 11.2 Å². The van der Waals surface area contributed by atoms with Crippen molar-refractivity contribution in [3.05, 3.63) is 17.7 Å². The van der Waals surface area contributed by atoms with Crippen LogP contribution in [0.3, 0.4) is 0 Å². The minimum absolute atomic E-state index is 0.116. The molecule has 0 bridgehead atoms. The van der Waals surface area contributed by atoms with Gasteiger partial charge in [-0.3, -0.25) is 0 Å². The number of methoxy groups -OCH3 is 3. The van der Waals surface area contributed by atoms with E-state index in [1.807, 2.05) is 19.2 Å². The van der Waals surface area contributed by atoms with Crippen molar-refractivity contribution in [2.24, 2.45) is 0 Å². The van der Waals surface area contributed by atoms with Crippen molar-refractivity contribution in [1.82, 2.24) is 5.32 Å². The molecule has 1 N–H and O–H groups in total. The molecule has 0 aliphatic carbocycles. The van der Waals surface area contributed by atoms with Gasteiger partial charge in [-0.25, -0.2) is 0 Å². The zero-order chi connectivity index (χ0) is 14.3. The summed E-state index contributed by atoms with van der Waals surface area (Å²) in [4.78, 5) is 0. The predicted molar refractivity (Wildman–Crippen MR) is 76.0 cm³/mol. The van der Waals surface area contributed by atoms with E-state index in [9.17, 15) is 0 Å². The van der Waals surface area contributed by atoms with Crippen molar-refractivity contribution in [2.75, 3.05) is 28.4 Å². The Morgan fingerprint density at radius 1 is 1.16 bits per heavy atom. The second-order valence-electron chi connectivity index (χ2n) is 4.01. The minimum atomic E-state index is 0.116. The molecule has 0 amide bonds. The lowest BCUT2D eigenvalue weighted by Crippen LogP contribution is -2.17. The fourth-order valence-corrected chi connectivity index (χ4v) is 2.08. The maximum atomic E-state index is 5.48. The first-order valence-corrected chi connectivity index (χ1v) is 6.13. The molecule has 0 aliphatic rings. The van der Waals surface area contributed by atoms with Crippen molar-refractivity contribution in [1.29, 1.82) is 0 Å². The van der Waals surface area contributed by atoms with E-state index in [1.165, 1.54) is 0 Å². The Kier molecular flexibility index (Phi) is 6.04. The van der Waals surface area contributed by atoms with E-state index in [4.69, 9.17) is 20.6 Å². The molecule has 0 saturated heterocycles. The zero-order valence-corrected chi connectivity index (χ0v) is 11.9. The number of hydrogen-bond acceptors (Lipinski definition) is 4. The summed E-state index contributed by atoms with van der Waals surface area (Å²) >= 11 is 0. The zero-order valence-electron chi connectivity index (χ0n) is 11.9. The first kappa shape index (κ1) is 15.2. The van der Waals surface area contributed by atoms with Gasteiger partial charge in [0, 0.05) is 18.0 Å². The quantitative estimate of drug-likeness (QED) is 0.767. The Bertz CT molecular complexity index is 451. The normalized spacial score (nSPS) is 11.5. The van der Waals surface area contributed by atoms with Crippen LogP contribution in [0.5, 0.6) is 17.2 Å². The minimum Gasteiger partial charge on any atom is -0.493 e. The van der Waals surface area contributed by atoms with Crippen LogP contribution >= 0.6 is 0 Å². The van der Waals surface area contributed by atoms with Crippen molar-refractivity contribution in [2.45, 2.75) is 18.9 Å². The molecule has 19 heavy (non-hydrogen) atoms. The number of ether oxygens (including phenoxy) is 3. The number of benzene rings is 1. The molecule has 1 atom stereocenters. The van der Waals surface area contributed by atoms with Crippen LogP contribution in [0, 0.1) is 12.3 Å². The van der Waals surface area contributed by atoms with E-state index < -0.39 is 0 Å². The van der Waals surface area contributed by atoms with E-state index in [0.29, 0.717) is 23.7 Å². The van der Waals surface area contributed by atoms with Crippen LogP contribution in [0.1, 0.15) is 24.4 Å². The van der Waals surface area contributed by atoms with Crippen LogP contribution < -0.4 is 19.5 Å². The monoisotopic (exact) mass is 263 g/mol. The lowest BCUT2D eigenvalue weighted by Gasteiger charge is -2.21. The molecule has 4 nitrogen and oxygen atoms in total. The Morgan fingerprint density at radius 3 is 2.32 bits per heavy atom. The molecule has 0 radical (unpaired) electrons. The first-order valence-electron chi connectivity index (χ1n) is 6.13. The highest BCUT2D eigenvalue weighted by atomic mass is 16.5. The third kappa shape index (κ3) is 3.33. The van der Waals surface area contributed by atoms with Gasteiger partial charge in [-0.05, 0) is 25.6 Å². The van der Waals surface area contributed by atoms with Crippen LogP contribution in [0.25, 0.3) is 0 Å². The van der Waals surface area contributed by atoms with Gasteiger partial charge in [0.15, 0.2) is 11.5 Å². The first-order chi connectivity index (χ1) is 9.23. The standard InChI is InChI=1S/C15H21NO3/c1-6-7-8-12(16-2)11-9-10-13(17-3)15(19-5)14(11)18-4/h1,9-10,12,16H,7-8H2,2-5H3. The molecule has 0 saturated carbocycles. The Morgan fingerprint density at radius 2 is 1.84 bits per heavy atom. The average molecular weight is 263 g/mol. The van der Waals surface area contributed by atoms with Crippen molar-refractivity contribution in [3.63, 3.8) is 0 Å². The molecule has 1 rings (SSSR count). The highest BCUT2D eigenvalue weighted by Gasteiger charge is 2.20. The van der Waals surface area contributed by atoms with Crippen LogP contribution in [0.15, 0.2) is 12.1 Å². The molecule has 0 fully saturated rings. The van der Waals surface area contributed by atoms with E-state index >= 15 is 0 Å². The Hall–Kier alpha value is -1.86. The van der Waals surface area contributed by atoms with Gasteiger partial charge in [-0.15, -0.1) is 12.3 Å². The second kappa shape index (κ2) is 7.55. The molecule has 1 aromatic carbocycles. The average Bonchev–Trinajstić information content (AvgIpc) is 2.46. The molecule has 0 aliphatic heterocycles. The van der Waals surface area contributed by atoms with Gasteiger partial charge < -0.3 is 19.5 Å². The highest BCUT2D eigenvalue weighted by Crippen LogP contribution is 2.42. The van der Waals surface area contributed by atoms with Crippen LogP contribution in [0.4, 0.5) is 0 Å². The Balaban J connectivity index is 3.22. The van der Waals surface area contributed by atoms with Gasteiger partial charge in [0.05, 0.1) is 21.3 Å². The molecule has 104 valence electrons. The molecule has 0 spiro atoms. The molecular weight excluding hydrogens is 242 g/mol. The highest BCUT2D eigenvalue weighted by molar-refractivity contribution is 5.56. The lowest BCUT2D eigenvalue weighted by atomic mass is 10.0. The summed E-state index contributed by atoms with van der Waals surface area (Å²) in [5.41, 5.74) is 1.01. The van der Waals surface area contributed by atoms with Crippen molar-refractivity contribution < 1.29 is 14.2 Å². The number of rotatable bonds is 7. The van der Waals surface area contributed by atoms with Gasteiger partial charge in [-0.1, -0.05) is 0 Å². The fraction of sp³-hybridized carbons (Fsp3) is 0.467. The third-order valence-corrected chi connectivity index (χ3v) is 3.04. The van der Waals surface area contributed by atoms with Crippen LogP contribution in [0.2, 0.25) is 0 Å². The van der Waals surface area contributed by atoms with Gasteiger partial charge >= 0.3 is 0 Å². The van der Waals surface area contributed by atoms with E-state index in [0.717, 1.165) is 12.0 Å². The second-order valence-corrected chi connectivity index (χ2v) is 4.01. The molecule has 1 aromatic rings. The van der Waals surface area contributed by atoms with Crippen molar-refractivity contribution >= 4 is 0 Å². The Labute approximate surface area is 115 Å². The number of terminal acetylenes is 1. The third-order valence-electron chi connectivity index (χ3n) is 3.04. The largest absolute Gasteiger partial charge is 0.493 e. The maximum Gasteiger partial charge on any atom is 0.203 e. The van der Waals surface area contributed by atoms with Gasteiger partial charge in [0.1, 0.15) is 0 Å². The predicted octanol–water partition coefficient (Wildman–Crippen LogP) is 2.39. The SMILES string of the molecule is C#CCCC(NC)c1ccc(OC)c(OC)c1OC. The topological polar surface area (TPSA) is 39.7 Å². The number of nitrogens with one attached hydrogen (secondary N) is 1. The summed E-state index contributed by atoms with van der Waals surface area (Å²) in [6, 6.07) is 3.96. The van der Waals surface area contributed by atoms with Gasteiger partial charge in [0.25, 0.3) is 0 Å².